The van der Waals surface area contributed by atoms with E-state index >= 15 is 0 Å². The summed E-state index contributed by atoms with van der Waals surface area (Å²) in [5.74, 6) is -1.28. The lowest BCUT2D eigenvalue weighted by molar-refractivity contribution is -0.118. The molecule has 88 valence electrons. The van der Waals surface area contributed by atoms with E-state index in [2.05, 4.69) is 5.32 Å². The number of carboxylic acid groups (broad SMARTS) is 1. The number of benzene rings is 1. The minimum Gasteiger partial charge on any atom is -0.478 e. The minimum absolute atomic E-state index is 0.202. The van der Waals surface area contributed by atoms with E-state index in [1.54, 1.807) is 12.1 Å². The van der Waals surface area contributed by atoms with E-state index in [9.17, 15) is 14.4 Å². The van der Waals surface area contributed by atoms with Crippen molar-refractivity contribution in [2.24, 2.45) is 0 Å². The van der Waals surface area contributed by atoms with Crippen LogP contribution in [0.4, 0.5) is 4.79 Å². The number of nitrogens with one attached hydrogen (secondary N) is 1. The van der Waals surface area contributed by atoms with Gasteiger partial charge in [-0.3, -0.25) is 14.9 Å². The van der Waals surface area contributed by atoms with Crippen LogP contribution in [0.5, 0.6) is 0 Å². The fourth-order valence-corrected chi connectivity index (χ4v) is 2.38. The van der Waals surface area contributed by atoms with Gasteiger partial charge in [-0.25, -0.2) is 4.79 Å². The van der Waals surface area contributed by atoms with Gasteiger partial charge in [0.05, 0.1) is 10.8 Å². The number of amides is 2. The summed E-state index contributed by atoms with van der Waals surface area (Å²) < 4.78 is 0. The topological polar surface area (TPSA) is 83.5 Å². The molecule has 0 radical (unpaired) electrons. The highest BCUT2D eigenvalue weighted by atomic mass is 32.2. The van der Waals surface area contributed by atoms with Gasteiger partial charge in [0.1, 0.15) is 0 Å². The van der Waals surface area contributed by atoms with E-state index in [0.717, 1.165) is 17.3 Å². The molecular weight excluding hydrogens is 242 g/mol. The quantitative estimate of drug-likeness (QED) is 0.845. The molecule has 1 aliphatic heterocycles. The Labute approximate surface area is 101 Å². The summed E-state index contributed by atoms with van der Waals surface area (Å²) in [4.78, 5) is 32.9. The Morgan fingerprint density at radius 3 is 2.41 bits per heavy atom. The average molecular weight is 251 g/mol. The van der Waals surface area contributed by atoms with Crippen LogP contribution in [0.2, 0.25) is 0 Å². The van der Waals surface area contributed by atoms with Gasteiger partial charge < -0.3 is 5.11 Å². The van der Waals surface area contributed by atoms with Crippen molar-refractivity contribution in [1.29, 1.82) is 0 Å². The van der Waals surface area contributed by atoms with Gasteiger partial charge in [-0.05, 0) is 24.1 Å². The monoisotopic (exact) mass is 251 g/mol. The number of carboxylic acids is 1. The molecule has 1 aliphatic rings. The molecule has 1 saturated heterocycles. The summed E-state index contributed by atoms with van der Waals surface area (Å²) in [6.45, 7) is 0. The second-order valence-corrected chi connectivity index (χ2v) is 4.76. The lowest BCUT2D eigenvalue weighted by Gasteiger charge is -2.05. The zero-order chi connectivity index (χ0) is 12.4. The molecule has 1 heterocycles. The van der Waals surface area contributed by atoms with E-state index in [1.807, 2.05) is 0 Å². The Balaban J connectivity index is 2.07. The first-order valence-corrected chi connectivity index (χ1v) is 5.78. The van der Waals surface area contributed by atoms with Crippen LogP contribution in [-0.4, -0.2) is 27.5 Å². The molecule has 2 N–H and O–H groups in total. The SMILES string of the molecule is O=C1NC(=O)[C@H](Cc2ccc(C(=O)O)cc2)S1. The number of thioether (sulfide) groups is 1. The van der Waals surface area contributed by atoms with Gasteiger partial charge in [0.2, 0.25) is 5.91 Å². The lowest BCUT2D eigenvalue weighted by Crippen LogP contribution is -2.25. The van der Waals surface area contributed by atoms with Gasteiger partial charge in [-0.15, -0.1) is 0 Å². The van der Waals surface area contributed by atoms with Crippen molar-refractivity contribution in [3.05, 3.63) is 35.4 Å². The highest BCUT2D eigenvalue weighted by Gasteiger charge is 2.31. The number of hydrogen-bond acceptors (Lipinski definition) is 4. The van der Waals surface area contributed by atoms with E-state index < -0.39 is 11.2 Å². The first-order chi connectivity index (χ1) is 8.06. The molecule has 1 aromatic rings. The summed E-state index contributed by atoms with van der Waals surface area (Å²) in [7, 11) is 0. The highest BCUT2D eigenvalue weighted by molar-refractivity contribution is 8.15. The molecule has 6 heteroatoms. The molecule has 2 amide bonds. The first kappa shape index (κ1) is 11.7. The third-order valence-electron chi connectivity index (χ3n) is 2.39. The third kappa shape index (κ3) is 2.65. The van der Waals surface area contributed by atoms with Crippen LogP contribution in [-0.2, 0) is 11.2 Å². The maximum Gasteiger partial charge on any atom is 0.335 e. The van der Waals surface area contributed by atoms with Crippen LogP contribution >= 0.6 is 11.8 Å². The first-order valence-electron chi connectivity index (χ1n) is 4.90. The molecule has 1 aromatic carbocycles. The Kier molecular flexibility index (Phi) is 3.14. The van der Waals surface area contributed by atoms with E-state index in [0.29, 0.717) is 6.42 Å². The third-order valence-corrected chi connectivity index (χ3v) is 3.37. The van der Waals surface area contributed by atoms with Crippen molar-refractivity contribution >= 4 is 28.9 Å². The summed E-state index contributed by atoms with van der Waals surface area (Å²) in [6, 6.07) is 6.27. The smallest absolute Gasteiger partial charge is 0.335 e. The van der Waals surface area contributed by atoms with Crippen molar-refractivity contribution < 1.29 is 19.5 Å². The van der Waals surface area contributed by atoms with Gasteiger partial charge in [0.15, 0.2) is 0 Å². The van der Waals surface area contributed by atoms with Gasteiger partial charge in [0.25, 0.3) is 5.24 Å². The van der Waals surface area contributed by atoms with Crippen LogP contribution in [0.1, 0.15) is 15.9 Å². The number of hydrogen-bond donors (Lipinski definition) is 2. The van der Waals surface area contributed by atoms with Crippen LogP contribution < -0.4 is 5.32 Å². The Bertz CT molecular complexity index is 483. The number of rotatable bonds is 3. The molecule has 1 atom stereocenters. The Hall–Kier alpha value is -1.82. The zero-order valence-electron chi connectivity index (χ0n) is 8.67. The maximum atomic E-state index is 11.3. The fourth-order valence-electron chi connectivity index (χ4n) is 1.53. The van der Waals surface area contributed by atoms with E-state index in [1.165, 1.54) is 12.1 Å². The van der Waals surface area contributed by atoms with Crippen LogP contribution in [0.15, 0.2) is 24.3 Å². The molecule has 0 saturated carbocycles. The van der Waals surface area contributed by atoms with Gasteiger partial charge in [-0.1, -0.05) is 23.9 Å². The second-order valence-electron chi connectivity index (χ2n) is 3.59. The Morgan fingerprint density at radius 2 is 1.94 bits per heavy atom. The van der Waals surface area contributed by atoms with Crippen LogP contribution in [0, 0.1) is 0 Å². The summed E-state index contributed by atoms with van der Waals surface area (Å²) in [6.07, 6.45) is 0.419. The molecular formula is C11H9NO4S. The predicted octanol–water partition coefficient (Wildman–Crippen LogP) is 1.28. The maximum absolute atomic E-state index is 11.3. The summed E-state index contributed by atoms with van der Waals surface area (Å²) in [5.41, 5.74) is 1.03. The molecule has 0 aliphatic carbocycles. The van der Waals surface area contributed by atoms with E-state index in [4.69, 9.17) is 5.11 Å². The fraction of sp³-hybridized carbons (Fsp3) is 0.182. The standard InChI is InChI=1S/C11H9NO4S/c13-9-8(17-11(16)12-9)5-6-1-3-7(4-2-6)10(14)15/h1-4,8H,5H2,(H,14,15)(H,12,13,16)/t8-/m0/s1. The number of aromatic carboxylic acids is 1. The van der Waals surface area contributed by atoms with E-state index in [-0.39, 0.29) is 16.7 Å². The average Bonchev–Trinajstić information content (AvgIpc) is 2.58. The summed E-state index contributed by atoms with van der Waals surface area (Å²) >= 11 is 0.963. The molecule has 2 rings (SSSR count). The van der Waals surface area contributed by atoms with Gasteiger partial charge >= 0.3 is 5.97 Å². The molecule has 0 spiro atoms. The Morgan fingerprint density at radius 1 is 1.29 bits per heavy atom. The second kappa shape index (κ2) is 4.58. The van der Waals surface area contributed by atoms with Crippen molar-refractivity contribution in [1.82, 2.24) is 5.32 Å². The van der Waals surface area contributed by atoms with Gasteiger partial charge in [-0.2, -0.15) is 0 Å². The normalized spacial score (nSPS) is 19.2. The largest absolute Gasteiger partial charge is 0.478 e. The van der Waals surface area contributed by atoms with Crippen LogP contribution in [0.25, 0.3) is 0 Å². The molecule has 1 fully saturated rings. The number of carbonyl (C=O) groups excluding carboxylic acids is 2. The summed E-state index contributed by atoms with van der Waals surface area (Å²) in [5, 5.41) is 10.2. The van der Waals surface area contributed by atoms with Crippen molar-refractivity contribution in [3.63, 3.8) is 0 Å². The van der Waals surface area contributed by atoms with Crippen molar-refractivity contribution in [2.75, 3.05) is 0 Å². The molecule has 0 aromatic heterocycles. The van der Waals surface area contributed by atoms with Gasteiger partial charge in [0, 0.05) is 0 Å². The molecule has 0 unspecified atom stereocenters. The van der Waals surface area contributed by atoms with Crippen molar-refractivity contribution in [3.8, 4) is 0 Å². The number of carbonyl (C=O) groups is 3. The molecule has 0 bridgehead atoms. The molecule has 5 nitrogen and oxygen atoms in total. The zero-order valence-corrected chi connectivity index (χ0v) is 9.49. The number of imide groups is 1. The molecule has 17 heavy (non-hydrogen) atoms. The highest BCUT2D eigenvalue weighted by Crippen LogP contribution is 2.22. The van der Waals surface area contributed by atoms with Crippen molar-refractivity contribution in [2.45, 2.75) is 11.7 Å². The minimum atomic E-state index is -0.986. The van der Waals surface area contributed by atoms with Crippen LogP contribution in [0.3, 0.4) is 0 Å². The predicted molar refractivity (Wildman–Crippen MR) is 62.0 cm³/mol. The lowest BCUT2D eigenvalue weighted by atomic mass is 10.1.